The third kappa shape index (κ3) is 4.00. The predicted molar refractivity (Wildman–Crippen MR) is 76.3 cm³/mol. The van der Waals surface area contributed by atoms with Crippen LogP contribution in [0.2, 0.25) is 0 Å². The smallest absolute Gasteiger partial charge is 0.328 e. The number of carbonyl (C=O) groups excluding carboxylic acids is 2. The number of carbonyl (C=O) groups is 2. The molecular weight excluding hydrogens is 278 g/mol. The van der Waals surface area contributed by atoms with E-state index >= 15 is 0 Å². The average molecular weight is 297 g/mol. The van der Waals surface area contributed by atoms with Crippen LogP contribution in [0.15, 0.2) is 12.5 Å². The predicted octanol–water partition coefficient (Wildman–Crippen LogP) is 0.896. The summed E-state index contributed by atoms with van der Waals surface area (Å²) in [5.41, 5.74) is 0.789. The molecule has 2 rings (SSSR count). The lowest BCUT2D eigenvalue weighted by Crippen LogP contribution is -2.46. The number of rotatable bonds is 5. The normalized spacial score (nSPS) is 20.1. The minimum Gasteiger partial charge on any atom is -0.467 e. The molecule has 0 saturated carbocycles. The summed E-state index contributed by atoms with van der Waals surface area (Å²) in [5, 5.41) is 2.74. The molecule has 0 bridgehead atoms. The van der Waals surface area contributed by atoms with Gasteiger partial charge >= 0.3 is 5.97 Å². The molecule has 2 heterocycles. The van der Waals surface area contributed by atoms with Crippen molar-refractivity contribution < 1.29 is 14.3 Å². The van der Waals surface area contributed by atoms with Crippen molar-refractivity contribution in [2.24, 2.45) is 0 Å². The van der Waals surface area contributed by atoms with E-state index in [1.54, 1.807) is 24.3 Å². The van der Waals surface area contributed by atoms with Crippen LogP contribution in [0.5, 0.6) is 0 Å². The van der Waals surface area contributed by atoms with E-state index in [1.165, 1.54) is 7.11 Å². The molecule has 1 aliphatic rings. The zero-order valence-electron chi connectivity index (χ0n) is 11.4. The Morgan fingerprint density at radius 2 is 2.45 bits per heavy atom. The highest BCUT2D eigenvalue weighted by molar-refractivity contribution is 8.00. The molecule has 1 amide bonds. The van der Waals surface area contributed by atoms with E-state index in [4.69, 9.17) is 4.74 Å². The molecule has 1 aromatic heterocycles. The number of amides is 1. The second-order valence-corrected chi connectivity index (χ2v) is 6.03. The Bertz CT molecular complexity index is 444. The van der Waals surface area contributed by atoms with Crippen molar-refractivity contribution in [3.63, 3.8) is 0 Å². The maximum atomic E-state index is 12.2. The molecule has 2 N–H and O–H groups in total. The maximum absolute atomic E-state index is 12.2. The van der Waals surface area contributed by atoms with Gasteiger partial charge in [0.15, 0.2) is 0 Å². The first-order valence-electron chi connectivity index (χ1n) is 6.67. The molecule has 110 valence electrons. The van der Waals surface area contributed by atoms with Crippen LogP contribution in [0.4, 0.5) is 0 Å². The SMILES string of the molecule is COC(=O)[C@H](Cc1cnc[nH]1)NC(=O)C1CCCCS1. The van der Waals surface area contributed by atoms with E-state index in [9.17, 15) is 9.59 Å². The van der Waals surface area contributed by atoms with E-state index in [0.29, 0.717) is 6.42 Å². The zero-order valence-corrected chi connectivity index (χ0v) is 12.2. The highest BCUT2D eigenvalue weighted by Gasteiger charge is 2.28. The number of aromatic amines is 1. The number of imidazole rings is 1. The monoisotopic (exact) mass is 297 g/mol. The van der Waals surface area contributed by atoms with Crippen molar-refractivity contribution in [3.8, 4) is 0 Å². The minimum absolute atomic E-state index is 0.0577. The molecule has 20 heavy (non-hydrogen) atoms. The van der Waals surface area contributed by atoms with Gasteiger partial charge in [0.1, 0.15) is 6.04 Å². The van der Waals surface area contributed by atoms with E-state index in [0.717, 1.165) is 30.7 Å². The molecule has 0 radical (unpaired) electrons. The van der Waals surface area contributed by atoms with Gasteiger partial charge in [-0.3, -0.25) is 4.79 Å². The van der Waals surface area contributed by atoms with Gasteiger partial charge in [0.05, 0.1) is 18.7 Å². The largest absolute Gasteiger partial charge is 0.467 e. The first-order valence-corrected chi connectivity index (χ1v) is 7.72. The Morgan fingerprint density at radius 1 is 1.60 bits per heavy atom. The Morgan fingerprint density at radius 3 is 3.05 bits per heavy atom. The van der Waals surface area contributed by atoms with Crippen molar-refractivity contribution in [2.45, 2.75) is 37.0 Å². The van der Waals surface area contributed by atoms with Crippen molar-refractivity contribution in [1.29, 1.82) is 0 Å². The fourth-order valence-corrected chi connectivity index (χ4v) is 3.37. The quantitative estimate of drug-likeness (QED) is 0.789. The lowest BCUT2D eigenvalue weighted by molar-refractivity contribution is -0.145. The summed E-state index contributed by atoms with van der Waals surface area (Å²) in [7, 11) is 1.32. The molecule has 2 atom stereocenters. The molecule has 0 aliphatic carbocycles. The second-order valence-electron chi connectivity index (χ2n) is 4.72. The van der Waals surface area contributed by atoms with Crippen LogP contribution in [0.3, 0.4) is 0 Å². The van der Waals surface area contributed by atoms with Gasteiger partial charge < -0.3 is 15.0 Å². The van der Waals surface area contributed by atoms with Gasteiger partial charge in [0.2, 0.25) is 5.91 Å². The van der Waals surface area contributed by atoms with Gasteiger partial charge in [0, 0.05) is 18.3 Å². The van der Waals surface area contributed by atoms with E-state index in [2.05, 4.69) is 15.3 Å². The standard InChI is InChI=1S/C13H19N3O3S/c1-19-13(18)10(6-9-7-14-8-15-9)16-12(17)11-4-2-3-5-20-11/h7-8,10-11H,2-6H2,1H3,(H,14,15)(H,16,17)/t10-,11?/m0/s1. The van der Waals surface area contributed by atoms with E-state index < -0.39 is 12.0 Å². The van der Waals surface area contributed by atoms with Crippen LogP contribution in [-0.4, -0.2) is 46.0 Å². The summed E-state index contributed by atoms with van der Waals surface area (Å²) in [4.78, 5) is 30.8. The topological polar surface area (TPSA) is 84.1 Å². The van der Waals surface area contributed by atoms with Gasteiger partial charge in [-0.1, -0.05) is 6.42 Å². The fourth-order valence-electron chi connectivity index (χ4n) is 2.16. The van der Waals surface area contributed by atoms with Crippen LogP contribution >= 0.6 is 11.8 Å². The number of methoxy groups -OCH3 is 1. The van der Waals surface area contributed by atoms with Crippen molar-refractivity contribution in [2.75, 3.05) is 12.9 Å². The number of nitrogens with one attached hydrogen (secondary N) is 2. The third-order valence-corrected chi connectivity index (χ3v) is 4.63. The first-order chi connectivity index (χ1) is 9.70. The molecule has 1 unspecified atom stereocenters. The van der Waals surface area contributed by atoms with Crippen molar-refractivity contribution >= 4 is 23.6 Å². The minimum atomic E-state index is -0.671. The third-order valence-electron chi connectivity index (χ3n) is 3.25. The number of aromatic nitrogens is 2. The van der Waals surface area contributed by atoms with Crippen LogP contribution < -0.4 is 5.32 Å². The Labute approximate surface area is 122 Å². The molecule has 6 nitrogen and oxygen atoms in total. The van der Waals surface area contributed by atoms with Crippen molar-refractivity contribution in [1.82, 2.24) is 15.3 Å². The lowest BCUT2D eigenvalue weighted by Gasteiger charge is -2.23. The van der Waals surface area contributed by atoms with Gasteiger partial charge in [0.25, 0.3) is 0 Å². The summed E-state index contributed by atoms with van der Waals surface area (Å²) in [6.45, 7) is 0. The first kappa shape index (κ1) is 14.9. The van der Waals surface area contributed by atoms with Gasteiger partial charge in [-0.05, 0) is 18.6 Å². The second kappa shape index (κ2) is 7.33. The number of thioether (sulfide) groups is 1. The molecule has 1 aliphatic heterocycles. The molecule has 7 heteroatoms. The molecular formula is C13H19N3O3S. The van der Waals surface area contributed by atoms with Crippen LogP contribution in [0.1, 0.15) is 25.0 Å². The van der Waals surface area contributed by atoms with Gasteiger partial charge in [-0.2, -0.15) is 0 Å². The zero-order chi connectivity index (χ0) is 14.4. The Hall–Kier alpha value is -1.50. The molecule has 1 fully saturated rings. The molecule has 1 saturated heterocycles. The summed E-state index contributed by atoms with van der Waals surface area (Å²) in [5.74, 6) is 0.486. The number of hydrogen-bond donors (Lipinski definition) is 2. The van der Waals surface area contributed by atoms with Crippen LogP contribution in [0, 0.1) is 0 Å². The van der Waals surface area contributed by atoms with E-state index in [-0.39, 0.29) is 11.2 Å². The fraction of sp³-hybridized carbons (Fsp3) is 0.615. The molecule has 0 aromatic carbocycles. The highest BCUT2D eigenvalue weighted by atomic mass is 32.2. The average Bonchev–Trinajstić information content (AvgIpc) is 2.99. The summed E-state index contributed by atoms with van der Waals surface area (Å²) in [6.07, 6.45) is 6.63. The van der Waals surface area contributed by atoms with Gasteiger partial charge in [-0.15, -0.1) is 11.8 Å². The number of H-pyrrole nitrogens is 1. The summed E-state index contributed by atoms with van der Waals surface area (Å²) >= 11 is 1.66. The van der Waals surface area contributed by atoms with Gasteiger partial charge in [-0.25, -0.2) is 9.78 Å². The summed E-state index contributed by atoms with van der Waals surface area (Å²) < 4.78 is 4.75. The lowest BCUT2D eigenvalue weighted by atomic mass is 10.1. The van der Waals surface area contributed by atoms with Crippen LogP contribution in [0.25, 0.3) is 0 Å². The Balaban J connectivity index is 1.96. The number of hydrogen-bond acceptors (Lipinski definition) is 5. The number of esters is 1. The highest BCUT2D eigenvalue weighted by Crippen LogP contribution is 2.25. The van der Waals surface area contributed by atoms with E-state index in [1.807, 2.05) is 0 Å². The number of nitrogens with zero attached hydrogens (tertiary/aromatic N) is 1. The van der Waals surface area contributed by atoms with Crippen molar-refractivity contribution in [3.05, 3.63) is 18.2 Å². The molecule has 1 aromatic rings. The number of ether oxygens (including phenoxy) is 1. The summed E-state index contributed by atoms with van der Waals surface area (Å²) in [6, 6.07) is -0.671. The Kier molecular flexibility index (Phi) is 5.46. The maximum Gasteiger partial charge on any atom is 0.328 e. The van der Waals surface area contributed by atoms with Crippen LogP contribution in [-0.2, 0) is 20.7 Å². The molecule has 0 spiro atoms.